The lowest BCUT2D eigenvalue weighted by Crippen LogP contribution is -2.41. The number of amides is 1. The Bertz CT molecular complexity index is 1020. The lowest BCUT2D eigenvalue weighted by molar-refractivity contribution is 0.199. The van der Waals surface area contributed by atoms with E-state index in [1.54, 1.807) is 24.3 Å². The summed E-state index contributed by atoms with van der Waals surface area (Å²) >= 11 is 0. The Morgan fingerprint density at radius 1 is 1.22 bits per heavy atom. The molecule has 0 bridgehead atoms. The minimum atomic E-state index is -1.05. The average molecular weight is 364 g/mol. The second-order valence-corrected chi connectivity index (χ2v) is 6.71. The predicted octanol–water partition coefficient (Wildman–Crippen LogP) is 3.16. The summed E-state index contributed by atoms with van der Waals surface area (Å²) in [6, 6.07) is 12.3. The van der Waals surface area contributed by atoms with E-state index >= 15 is 0 Å². The van der Waals surface area contributed by atoms with Crippen LogP contribution in [0.2, 0.25) is 0 Å². The summed E-state index contributed by atoms with van der Waals surface area (Å²) in [5.74, 6) is 0.706. The van der Waals surface area contributed by atoms with Gasteiger partial charge in [0.15, 0.2) is 5.82 Å². The van der Waals surface area contributed by atoms with Gasteiger partial charge in [0, 0.05) is 11.9 Å². The second kappa shape index (κ2) is 6.85. The number of fused-ring (bicyclic) bond motifs is 1. The molecular weight excluding hydrogens is 344 g/mol. The fourth-order valence-electron chi connectivity index (χ4n) is 3.47. The number of nitrogens with one attached hydrogen (secondary N) is 1. The standard InChI is InChI=1S/C20H20N4O3/c1-12-6-7-14-16(10-12)22-18(15-4-2-3-5-17(15)25)23-19(14)24(20(26)27)13-8-9-21-11-13/h2-7,10,13,21,25H,8-9,11H2,1H3,(H,26,27)/t13-/m0/s1. The van der Waals surface area contributed by atoms with E-state index < -0.39 is 6.09 Å². The van der Waals surface area contributed by atoms with Crippen LogP contribution in [-0.4, -0.2) is 45.4 Å². The monoisotopic (exact) mass is 364 g/mol. The van der Waals surface area contributed by atoms with E-state index in [0.29, 0.717) is 34.7 Å². The Balaban J connectivity index is 1.97. The molecular formula is C20H20N4O3. The number of para-hydroxylation sites is 1. The summed E-state index contributed by atoms with van der Waals surface area (Å²) in [6.07, 6.45) is -0.331. The second-order valence-electron chi connectivity index (χ2n) is 6.71. The zero-order valence-electron chi connectivity index (χ0n) is 14.9. The molecule has 2 heterocycles. The minimum Gasteiger partial charge on any atom is -0.507 e. The zero-order valence-corrected chi connectivity index (χ0v) is 14.9. The molecule has 0 radical (unpaired) electrons. The number of phenols is 1. The fraction of sp³-hybridized carbons (Fsp3) is 0.250. The maximum Gasteiger partial charge on any atom is 0.413 e. The van der Waals surface area contributed by atoms with E-state index in [1.807, 2.05) is 25.1 Å². The van der Waals surface area contributed by atoms with E-state index in [2.05, 4.69) is 15.3 Å². The Kier molecular flexibility index (Phi) is 4.37. The number of benzene rings is 2. The molecule has 138 valence electrons. The normalized spacial score (nSPS) is 16.6. The number of hydrogen-bond donors (Lipinski definition) is 3. The number of aryl methyl sites for hydroxylation is 1. The number of carboxylic acid groups (broad SMARTS) is 1. The van der Waals surface area contributed by atoms with Gasteiger partial charge in [0.05, 0.1) is 17.1 Å². The number of aromatic hydroxyl groups is 1. The number of hydrogen-bond acceptors (Lipinski definition) is 5. The number of anilines is 1. The molecule has 1 amide bonds. The molecule has 0 spiro atoms. The van der Waals surface area contributed by atoms with Crippen LogP contribution in [0.3, 0.4) is 0 Å². The van der Waals surface area contributed by atoms with Gasteiger partial charge in [-0.1, -0.05) is 18.2 Å². The Morgan fingerprint density at radius 2 is 2.04 bits per heavy atom. The molecule has 4 rings (SSSR count). The third kappa shape index (κ3) is 3.17. The summed E-state index contributed by atoms with van der Waals surface area (Å²) in [7, 11) is 0. The van der Waals surface area contributed by atoms with Gasteiger partial charge in [-0.2, -0.15) is 0 Å². The van der Waals surface area contributed by atoms with Crippen molar-refractivity contribution in [2.75, 3.05) is 18.0 Å². The van der Waals surface area contributed by atoms with Gasteiger partial charge in [-0.05, 0) is 49.7 Å². The van der Waals surface area contributed by atoms with Crippen molar-refractivity contribution in [3.05, 3.63) is 48.0 Å². The average Bonchev–Trinajstić information content (AvgIpc) is 3.15. The molecule has 2 aromatic carbocycles. The van der Waals surface area contributed by atoms with Crippen LogP contribution in [-0.2, 0) is 0 Å². The Labute approximate surface area is 156 Å². The molecule has 1 aliphatic rings. The molecule has 27 heavy (non-hydrogen) atoms. The van der Waals surface area contributed by atoms with Crippen molar-refractivity contribution in [2.24, 2.45) is 0 Å². The predicted molar refractivity (Wildman–Crippen MR) is 103 cm³/mol. The van der Waals surface area contributed by atoms with Crippen LogP contribution in [0.5, 0.6) is 5.75 Å². The van der Waals surface area contributed by atoms with Crippen LogP contribution in [0, 0.1) is 6.92 Å². The van der Waals surface area contributed by atoms with Crippen LogP contribution < -0.4 is 10.2 Å². The van der Waals surface area contributed by atoms with E-state index in [1.165, 1.54) is 4.90 Å². The highest BCUT2D eigenvalue weighted by Crippen LogP contribution is 2.33. The third-order valence-corrected chi connectivity index (χ3v) is 4.81. The summed E-state index contributed by atoms with van der Waals surface area (Å²) in [6.45, 7) is 3.30. The molecule has 7 heteroatoms. The van der Waals surface area contributed by atoms with Crippen LogP contribution in [0.15, 0.2) is 42.5 Å². The summed E-state index contributed by atoms with van der Waals surface area (Å²) in [4.78, 5) is 22.6. The van der Waals surface area contributed by atoms with E-state index in [4.69, 9.17) is 0 Å². The van der Waals surface area contributed by atoms with Gasteiger partial charge in [-0.3, -0.25) is 4.90 Å². The van der Waals surface area contributed by atoms with Crippen molar-refractivity contribution >= 4 is 22.8 Å². The van der Waals surface area contributed by atoms with Crippen LogP contribution >= 0.6 is 0 Å². The SMILES string of the molecule is Cc1ccc2c(N(C(=O)O)[C@H]3CCNC3)nc(-c3ccccc3O)nc2c1. The molecule has 1 atom stereocenters. The molecule has 3 aromatic rings. The van der Waals surface area contributed by atoms with E-state index in [9.17, 15) is 15.0 Å². The van der Waals surface area contributed by atoms with Gasteiger partial charge in [0.25, 0.3) is 0 Å². The molecule has 0 saturated carbocycles. The zero-order chi connectivity index (χ0) is 19.0. The molecule has 1 saturated heterocycles. The van der Waals surface area contributed by atoms with E-state index in [-0.39, 0.29) is 11.8 Å². The van der Waals surface area contributed by atoms with Crippen molar-refractivity contribution in [1.82, 2.24) is 15.3 Å². The topological polar surface area (TPSA) is 98.6 Å². The molecule has 0 aliphatic carbocycles. The molecule has 1 fully saturated rings. The van der Waals surface area contributed by atoms with Gasteiger partial charge < -0.3 is 15.5 Å². The summed E-state index contributed by atoms with van der Waals surface area (Å²) < 4.78 is 0. The smallest absolute Gasteiger partial charge is 0.413 e. The highest BCUT2D eigenvalue weighted by molar-refractivity contribution is 5.99. The fourth-order valence-corrected chi connectivity index (χ4v) is 3.47. The van der Waals surface area contributed by atoms with Crippen LogP contribution in [0.1, 0.15) is 12.0 Å². The maximum atomic E-state index is 12.1. The largest absolute Gasteiger partial charge is 0.507 e. The first-order chi connectivity index (χ1) is 13.0. The number of aromatic nitrogens is 2. The summed E-state index contributed by atoms with van der Waals surface area (Å²) in [5, 5.41) is 24.0. The lowest BCUT2D eigenvalue weighted by atomic mass is 10.1. The van der Waals surface area contributed by atoms with Gasteiger partial charge in [0.1, 0.15) is 11.6 Å². The first kappa shape index (κ1) is 17.2. The van der Waals surface area contributed by atoms with Crippen molar-refractivity contribution in [3.8, 4) is 17.1 Å². The van der Waals surface area contributed by atoms with Gasteiger partial charge in [-0.15, -0.1) is 0 Å². The molecule has 1 aromatic heterocycles. The van der Waals surface area contributed by atoms with E-state index in [0.717, 1.165) is 18.5 Å². The first-order valence-corrected chi connectivity index (χ1v) is 8.84. The number of nitrogens with zero attached hydrogens (tertiary/aromatic N) is 3. The Morgan fingerprint density at radius 3 is 2.74 bits per heavy atom. The number of phenolic OH excluding ortho intramolecular Hbond substituents is 1. The van der Waals surface area contributed by atoms with Crippen molar-refractivity contribution in [1.29, 1.82) is 0 Å². The van der Waals surface area contributed by atoms with Gasteiger partial charge in [-0.25, -0.2) is 14.8 Å². The number of carbonyl (C=O) groups is 1. The third-order valence-electron chi connectivity index (χ3n) is 4.81. The molecule has 0 unspecified atom stereocenters. The van der Waals surface area contributed by atoms with Crippen molar-refractivity contribution < 1.29 is 15.0 Å². The van der Waals surface area contributed by atoms with Crippen LogP contribution in [0.25, 0.3) is 22.3 Å². The van der Waals surface area contributed by atoms with Crippen molar-refractivity contribution in [3.63, 3.8) is 0 Å². The summed E-state index contributed by atoms with van der Waals surface area (Å²) in [5.41, 5.74) is 2.13. The maximum absolute atomic E-state index is 12.1. The quantitative estimate of drug-likeness (QED) is 0.660. The minimum absolute atomic E-state index is 0.0554. The molecule has 7 nitrogen and oxygen atoms in total. The lowest BCUT2D eigenvalue weighted by Gasteiger charge is -2.26. The molecule has 1 aliphatic heterocycles. The molecule has 3 N–H and O–H groups in total. The van der Waals surface area contributed by atoms with Crippen LogP contribution in [0.4, 0.5) is 10.6 Å². The van der Waals surface area contributed by atoms with Gasteiger partial charge in [0.2, 0.25) is 0 Å². The highest BCUT2D eigenvalue weighted by Gasteiger charge is 2.31. The number of rotatable bonds is 3. The van der Waals surface area contributed by atoms with Gasteiger partial charge >= 0.3 is 6.09 Å². The van der Waals surface area contributed by atoms with Crippen molar-refractivity contribution in [2.45, 2.75) is 19.4 Å². The first-order valence-electron chi connectivity index (χ1n) is 8.84. The Hall–Kier alpha value is -3.19. The highest BCUT2D eigenvalue weighted by atomic mass is 16.4.